The topological polar surface area (TPSA) is 108 Å². The molecule has 2 aromatic heterocycles. The van der Waals surface area contributed by atoms with Gasteiger partial charge in [-0.2, -0.15) is 0 Å². The number of carbonyl (C=O) groups excluding carboxylic acids is 1. The summed E-state index contributed by atoms with van der Waals surface area (Å²) in [6, 6.07) is 16.6. The van der Waals surface area contributed by atoms with Gasteiger partial charge in [-0.25, -0.2) is 14.8 Å². The zero-order valence-corrected chi connectivity index (χ0v) is 18.3. The highest BCUT2D eigenvalue weighted by atomic mass is 16.5. The van der Waals surface area contributed by atoms with Crippen molar-refractivity contribution in [2.24, 2.45) is 0 Å². The molecule has 9 nitrogen and oxygen atoms in total. The molecular formula is C24H23N5O4. The van der Waals surface area contributed by atoms with E-state index in [0.29, 0.717) is 11.6 Å². The lowest BCUT2D eigenvalue weighted by Crippen LogP contribution is -2.44. The van der Waals surface area contributed by atoms with E-state index in [1.54, 1.807) is 20.1 Å². The number of nitrogens with one attached hydrogen (secondary N) is 1. The maximum absolute atomic E-state index is 13.1. The zero-order chi connectivity index (χ0) is 23.4. The number of hydrogen-bond donors (Lipinski definition) is 1. The number of benzene rings is 2. The first-order chi connectivity index (χ1) is 16.0. The van der Waals surface area contributed by atoms with E-state index < -0.39 is 23.7 Å². The molecule has 33 heavy (non-hydrogen) atoms. The fraction of sp³-hybridized carbons (Fsp3) is 0.208. The van der Waals surface area contributed by atoms with Crippen LogP contribution in [0.3, 0.4) is 0 Å². The van der Waals surface area contributed by atoms with E-state index in [1.807, 2.05) is 48.5 Å². The lowest BCUT2D eigenvalue weighted by molar-refractivity contribution is -0.121. The van der Waals surface area contributed by atoms with Crippen molar-refractivity contribution < 1.29 is 9.53 Å². The molecule has 0 saturated heterocycles. The summed E-state index contributed by atoms with van der Waals surface area (Å²) in [4.78, 5) is 47.5. The van der Waals surface area contributed by atoms with Crippen molar-refractivity contribution in [2.75, 3.05) is 7.11 Å². The summed E-state index contributed by atoms with van der Waals surface area (Å²) in [6.45, 7) is 1.85. The van der Waals surface area contributed by atoms with Crippen molar-refractivity contribution >= 4 is 16.9 Å². The molecule has 4 rings (SSSR count). The summed E-state index contributed by atoms with van der Waals surface area (Å²) >= 11 is 0. The summed E-state index contributed by atoms with van der Waals surface area (Å²) in [5.41, 5.74) is 0.598. The van der Waals surface area contributed by atoms with Crippen LogP contribution in [-0.2, 0) is 24.4 Å². The Balaban J connectivity index is 1.66. The lowest BCUT2D eigenvalue weighted by atomic mass is 10.2. The number of ether oxygens (including phenoxy) is 1. The molecule has 2 aromatic carbocycles. The van der Waals surface area contributed by atoms with Crippen LogP contribution < -0.4 is 21.3 Å². The molecular weight excluding hydrogens is 422 g/mol. The van der Waals surface area contributed by atoms with Crippen LogP contribution in [0.5, 0.6) is 5.75 Å². The van der Waals surface area contributed by atoms with Gasteiger partial charge in [0.1, 0.15) is 17.7 Å². The van der Waals surface area contributed by atoms with Crippen LogP contribution >= 0.6 is 0 Å². The smallest absolute Gasteiger partial charge is 0.333 e. The van der Waals surface area contributed by atoms with Gasteiger partial charge in [-0.05, 0) is 13.0 Å². The molecule has 2 heterocycles. The summed E-state index contributed by atoms with van der Waals surface area (Å²) in [5, 5.41) is 2.91. The Hall–Kier alpha value is -4.27. The number of amides is 1. The van der Waals surface area contributed by atoms with Crippen LogP contribution in [0.15, 0.2) is 70.4 Å². The Morgan fingerprint density at radius 1 is 1.03 bits per heavy atom. The van der Waals surface area contributed by atoms with Crippen molar-refractivity contribution in [3.8, 4) is 17.1 Å². The van der Waals surface area contributed by atoms with E-state index >= 15 is 0 Å². The molecule has 1 amide bonds. The predicted octanol–water partition coefficient (Wildman–Crippen LogP) is 1.97. The molecule has 0 radical (unpaired) electrons. The number of carbonyl (C=O) groups is 1. The van der Waals surface area contributed by atoms with Crippen LogP contribution in [0.2, 0.25) is 0 Å². The molecule has 1 N–H and O–H groups in total. The van der Waals surface area contributed by atoms with Crippen molar-refractivity contribution in [3.63, 3.8) is 0 Å². The monoisotopic (exact) mass is 445 g/mol. The minimum atomic E-state index is -0.605. The molecule has 0 atom stereocenters. The van der Waals surface area contributed by atoms with Gasteiger partial charge in [-0.1, -0.05) is 48.5 Å². The fourth-order valence-electron chi connectivity index (χ4n) is 3.59. The van der Waals surface area contributed by atoms with Gasteiger partial charge in [0.05, 0.1) is 7.11 Å². The third kappa shape index (κ3) is 4.38. The van der Waals surface area contributed by atoms with Crippen LogP contribution in [-0.4, -0.2) is 32.1 Å². The average molecular weight is 445 g/mol. The fourth-order valence-corrected chi connectivity index (χ4v) is 3.59. The van der Waals surface area contributed by atoms with E-state index in [0.717, 1.165) is 15.7 Å². The number of fused-ring (bicyclic) bond motifs is 1. The first-order valence-corrected chi connectivity index (χ1v) is 10.5. The predicted molar refractivity (Wildman–Crippen MR) is 124 cm³/mol. The van der Waals surface area contributed by atoms with Crippen LogP contribution in [0.4, 0.5) is 0 Å². The van der Waals surface area contributed by atoms with Gasteiger partial charge in [0.25, 0.3) is 5.56 Å². The van der Waals surface area contributed by atoms with Crippen LogP contribution in [0, 0.1) is 0 Å². The maximum atomic E-state index is 13.1. The van der Waals surface area contributed by atoms with Crippen molar-refractivity contribution in [2.45, 2.75) is 26.6 Å². The summed E-state index contributed by atoms with van der Waals surface area (Å²) in [6.07, 6.45) is 1.40. The van der Waals surface area contributed by atoms with Gasteiger partial charge in [0, 0.05) is 30.4 Å². The van der Waals surface area contributed by atoms with Crippen molar-refractivity contribution in [3.05, 3.63) is 87.2 Å². The molecule has 0 aliphatic heterocycles. The van der Waals surface area contributed by atoms with Gasteiger partial charge >= 0.3 is 5.69 Å². The highest BCUT2D eigenvalue weighted by molar-refractivity contribution is 5.78. The molecule has 4 aromatic rings. The zero-order valence-electron chi connectivity index (χ0n) is 18.3. The largest absolute Gasteiger partial charge is 0.496 e. The molecule has 0 saturated carbocycles. The Morgan fingerprint density at radius 3 is 2.48 bits per heavy atom. The van der Waals surface area contributed by atoms with Crippen LogP contribution in [0.25, 0.3) is 22.4 Å². The number of methoxy groups -OCH3 is 1. The maximum Gasteiger partial charge on any atom is 0.333 e. The van der Waals surface area contributed by atoms with E-state index in [2.05, 4.69) is 15.3 Å². The van der Waals surface area contributed by atoms with Crippen molar-refractivity contribution in [1.29, 1.82) is 0 Å². The molecule has 0 aliphatic rings. The number of aryl methyl sites for hydroxylation is 1. The SMILES string of the molecule is CCn1c(=O)n(CC(=O)NCc2ccccc2OC)c(=O)c2cnc(-c3ccccc3)nc21. The van der Waals surface area contributed by atoms with Crippen LogP contribution in [0.1, 0.15) is 12.5 Å². The summed E-state index contributed by atoms with van der Waals surface area (Å²) in [7, 11) is 1.55. The standard InChI is InChI=1S/C24H23N5O4/c1-3-28-22-18(14-26-21(27-22)16-9-5-4-6-10-16)23(31)29(24(28)32)15-20(30)25-13-17-11-7-8-12-19(17)33-2/h4-12,14H,3,13,15H2,1-2H3,(H,25,30). The molecule has 0 spiro atoms. The average Bonchev–Trinajstić information content (AvgIpc) is 2.86. The van der Waals surface area contributed by atoms with Gasteiger partial charge in [0.15, 0.2) is 11.5 Å². The molecule has 0 unspecified atom stereocenters. The van der Waals surface area contributed by atoms with E-state index in [4.69, 9.17) is 4.74 Å². The molecule has 0 fully saturated rings. The molecule has 0 bridgehead atoms. The van der Waals surface area contributed by atoms with Gasteiger partial charge in [-0.3, -0.25) is 18.7 Å². The Bertz CT molecular complexity index is 1430. The van der Waals surface area contributed by atoms with E-state index in [1.165, 1.54) is 10.8 Å². The number of para-hydroxylation sites is 1. The van der Waals surface area contributed by atoms with Gasteiger partial charge < -0.3 is 10.1 Å². The normalized spacial score (nSPS) is 10.8. The number of nitrogens with zero attached hydrogens (tertiary/aromatic N) is 4. The second-order valence-corrected chi connectivity index (χ2v) is 7.30. The summed E-state index contributed by atoms with van der Waals surface area (Å²) < 4.78 is 7.57. The second-order valence-electron chi connectivity index (χ2n) is 7.30. The lowest BCUT2D eigenvalue weighted by Gasteiger charge is -2.13. The van der Waals surface area contributed by atoms with Crippen molar-refractivity contribution in [1.82, 2.24) is 24.4 Å². The third-order valence-electron chi connectivity index (χ3n) is 5.28. The van der Waals surface area contributed by atoms with E-state index in [-0.39, 0.29) is 24.1 Å². The number of aromatic nitrogens is 4. The Labute approximate surface area is 189 Å². The minimum Gasteiger partial charge on any atom is -0.496 e. The first kappa shape index (κ1) is 21.9. The first-order valence-electron chi connectivity index (χ1n) is 10.5. The minimum absolute atomic E-state index is 0.175. The highest BCUT2D eigenvalue weighted by Gasteiger charge is 2.17. The second kappa shape index (κ2) is 9.47. The number of hydrogen-bond acceptors (Lipinski definition) is 6. The molecule has 168 valence electrons. The summed E-state index contributed by atoms with van der Waals surface area (Å²) in [5.74, 6) is 0.584. The quantitative estimate of drug-likeness (QED) is 0.466. The molecule has 0 aliphatic carbocycles. The highest BCUT2D eigenvalue weighted by Crippen LogP contribution is 2.17. The van der Waals surface area contributed by atoms with Gasteiger partial charge in [0.2, 0.25) is 5.91 Å². The number of rotatable bonds is 7. The third-order valence-corrected chi connectivity index (χ3v) is 5.28. The van der Waals surface area contributed by atoms with E-state index in [9.17, 15) is 14.4 Å². The van der Waals surface area contributed by atoms with Gasteiger partial charge in [-0.15, -0.1) is 0 Å². The molecule has 9 heteroatoms. The Kier molecular flexibility index (Phi) is 6.30. The Morgan fingerprint density at radius 2 is 1.76 bits per heavy atom.